The van der Waals surface area contributed by atoms with Gasteiger partial charge in [-0.15, -0.1) is 0 Å². The molecule has 0 aromatic carbocycles. The summed E-state index contributed by atoms with van der Waals surface area (Å²) in [5, 5.41) is 11.1. The molecule has 0 atom stereocenters. The average molecular weight is 261 g/mol. The van der Waals surface area contributed by atoms with E-state index in [-0.39, 0.29) is 35.3 Å². The van der Waals surface area contributed by atoms with E-state index in [4.69, 9.17) is 0 Å². The molecule has 3 aromatic heterocycles. The number of carboxylic acids is 1. The molecule has 88 valence electrons. The van der Waals surface area contributed by atoms with Gasteiger partial charge in [-0.3, -0.25) is 9.38 Å². The van der Waals surface area contributed by atoms with Crippen LogP contribution in [0.4, 0.5) is 0 Å². The first kappa shape index (κ1) is 13.7. The van der Waals surface area contributed by atoms with E-state index < -0.39 is 5.97 Å². The first-order valence-electron chi connectivity index (χ1n) is 5.36. The summed E-state index contributed by atoms with van der Waals surface area (Å²) in [6.45, 7) is 0. The molecule has 0 saturated carbocycles. The molecule has 0 saturated heterocycles. The normalized spacial score (nSPS) is 10.1. The number of aromatic nitrogens is 3. The van der Waals surface area contributed by atoms with Crippen LogP contribution in [0.15, 0.2) is 48.9 Å². The average Bonchev–Trinajstić information content (AvgIpc) is 2.79. The summed E-state index contributed by atoms with van der Waals surface area (Å²) in [6, 6.07) is 8.84. The van der Waals surface area contributed by atoms with Gasteiger partial charge in [0.25, 0.3) is 0 Å². The summed E-state index contributed by atoms with van der Waals surface area (Å²) < 4.78 is 1.72. The molecule has 0 N–H and O–H groups in total. The summed E-state index contributed by atoms with van der Waals surface area (Å²) in [4.78, 5) is 19.1. The number of nitrogens with zero attached hydrogens (tertiary/aromatic N) is 3. The predicted octanol–water partition coefficient (Wildman–Crippen LogP) is -2.24. The number of hydrogen-bond donors (Lipinski definition) is 0. The van der Waals surface area contributed by atoms with Gasteiger partial charge in [-0.2, -0.15) is 0 Å². The van der Waals surface area contributed by atoms with Crippen molar-refractivity contribution in [2.75, 3.05) is 0 Å². The van der Waals surface area contributed by atoms with Crippen LogP contribution in [-0.2, 0) is 0 Å². The predicted molar refractivity (Wildman–Crippen MR) is 62.8 cm³/mol. The Morgan fingerprint density at radius 3 is 2.58 bits per heavy atom. The topological polar surface area (TPSA) is 70.3 Å². The second-order valence-electron chi connectivity index (χ2n) is 3.76. The quantitative estimate of drug-likeness (QED) is 0.489. The molecule has 0 aliphatic heterocycles. The number of carbonyl (C=O) groups is 1. The number of aromatic carboxylic acids is 1. The molecule has 0 radical (unpaired) electrons. The first-order valence-corrected chi connectivity index (χ1v) is 5.36. The number of fused-ring (bicyclic) bond motifs is 1. The Bertz CT molecular complexity index is 725. The Balaban J connectivity index is 0.00000133. The first-order chi connectivity index (χ1) is 8.77. The second kappa shape index (κ2) is 5.52. The van der Waals surface area contributed by atoms with Crippen molar-refractivity contribution < 1.29 is 39.5 Å². The number of pyridine rings is 2. The van der Waals surface area contributed by atoms with Crippen LogP contribution in [0.5, 0.6) is 0 Å². The molecule has 3 heterocycles. The van der Waals surface area contributed by atoms with Gasteiger partial charge in [0.2, 0.25) is 0 Å². The summed E-state index contributed by atoms with van der Waals surface area (Å²) >= 11 is 0. The van der Waals surface area contributed by atoms with E-state index in [1.54, 1.807) is 47.3 Å². The molecule has 19 heavy (non-hydrogen) atoms. The summed E-state index contributed by atoms with van der Waals surface area (Å²) in [5.41, 5.74) is 1.27. The fourth-order valence-corrected chi connectivity index (χ4v) is 1.89. The van der Waals surface area contributed by atoms with E-state index in [1.165, 1.54) is 0 Å². The molecule has 0 amide bonds. The Kier molecular flexibility index (Phi) is 3.99. The van der Waals surface area contributed by atoms with E-state index >= 15 is 0 Å². The summed E-state index contributed by atoms with van der Waals surface area (Å²) in [5.74, 6) is -0.716. The third-order valence-electron chi connectivity index (χ3n) is 2.68. The zero-order chi connectivity index (χ0) is 12.5. The minimum atomic E-state index is -1.28. The maximum absolute atomic E-state index is 11.1. The van der Waals surface area contributed by atoms with E-state index in [0.717, 1.165) is 5.56 Å². The Morgan fingerprint density at radius 1 is 1.16 bits per heavy atom. The third kappa shape index (κ3) is 2.40. The molecule has 0 bridgehead atoms. The van der Waals surface area contributed by atoms with Crippen LogP contribution in [-0.4, -0.2) is 20.3 Å². The Hall–Kier alpha value is -1.69. The van der Waals surface area contributed by atoms with Crippen LogP contribution in [0.3, 0.4) is 0 Å². The fraction of sp³-hybridized carbons (Fsp3) is 0. The van der Waals surface area contributed by atoms with Crippen molar-refractivity contribution in [3.05, 3.63) is 54.6 Å². The zero-order valence-electron chi connectivity index (χ0n) is 10.3. The molecule has 0 unspecified atom stereocenters. The van der Waals surface area contributed by atoms with Gasteiger partial charge in [0, 0.05) is 24.2 Å². The molecular formula is C13H8N3NaO2. The van der Waals surface area contributed by atoms with E-state index in [0.29, 0.717) is 11.3 Å². The van der Waals surface area contributed by atoms with Crippen molar-refractivity contribution in [3.8, 4) is 11.4 Å². The third-order valence-corrected chi connectivity index (χ3v) is 2.68. The van der Waals surface area contributed by atoms with Crippen molar-refractivity contribution >= 4 is 11.5 Å². The minimum absolute atomic E-state index is 0. The molecule has 0 aliphatic rings. The molecular weight excluding hydrogens is 253 g/mol. The van der Waals surface area contributed by atoms with Crippen molar-refractivity contribution in [3.63, 3.8) is 0 Å². The van der Waals surface area contributed by atoms with Gasteiger partial charge in [-0.1, -0.05) is 6.07 Å². The molecule has 3 rings (SSSR count). The van der Waals surface area contributed by atoms with Crippen molar-refractivity contribution in [1.29, 1.82) is 0 Å². The number of imidazole rings is 1. The molecule has 0 aliphatic carbocycles. The zero-order valence-corrected chi connectivity index (χ0v) is 12.3. The van der Waals surface area contributed by atoms with Crippen molar-refractivity contribution in [2.24, 2.45) is 0 Å². The van der Waals surface area contributed by atoms with Crippen molar-refractivity contribution in [2.45, 2.75) is 0 Å². The van der Waals surface area contributed by atoms with Gasteiger partial charge in [0.05, 0.1) is 11.5 Å². The molecule has 5 nitrogen and oxygen atoms in total. The molecule has 0 spiro atoms. The maximum Gasteiger partial charge on any atom is 1.00 e. The van der Waals surface area contributed by atoms with Gasteiger partial charge in [0.1, 0.15) is 11.5 Å². The van der Waals surface area contributed by atoms with Crippen LogP contribution in [0, 0.1) is 0 Å². The van der Waals surface area contributed by atoms with E-state index in [2.05, 4.69) is 9.97 Å². The van der Waals surface area contributed by atoms with Gasteiger partial charge < -0.3 is 9.90 Å². The second-order valence-corrected chi connectivity index (χ2v) is 3.76. The van der Waals surface area contributed by atoms with E-state index in [9.17, 15) is 9.90 Å². The van der Waals surface area contributed by atoms with Crippen molar-refractivity contribution in [1.82, 2.24) is 14.4 Å². The van der Waals surface area contributed by atoms with Gasteiger partial charge >= 0.3 is 29.6 Å². The van der Waals surface area contributed by atoms with Crippen LogP contribution < -0.4 is 34.7 Å². The summed E-state index contributed by atoms with van der Waals surface area (Å²) in [6.07, 6.45) is 5.04. The van der Waals surface area contributed by atoms with Crippen LogP contribution >= 0.6 is 0 Å². The van der Waals surface area contributed by atoms with Crippen LogP contribution in [0.1, 0.15) is 10.5 Å². The number of hydrogen-bond acceptors (Lipinski definition) is 4. The largest absolute Gasteiger partial charge is 1.00 e. The van der Waals surface area contributed by atoms with Gasteiger partial charge in [-0.05, 0) is 24.3 Å². The minimum Gasteiger partial charge on any atom is -0.543 e. The Labute approximate surface area is 131 Å². The number of rotatable bonds is 2. The van der Waals surface area contributed by atoms with Gasteiger partial charge in [0.15, 0.2) is 0 Å². The van der Waals surface area contributed by atoms with Gasteiger partial charge in [-0.25, -0.2) is 4.98 Å². The van der Waals surface area contributed by atoms with Crippen LogP contribution in [0.2, 0.25) is 0 Å². The Morgan fingerprint density at radius 2 is 1.89 bits per heavy atom. The molecule has 3 aromatic rings. The van der Waals surface area contributed by atoms with E-state index in [1.807, 2.05) is 6.07 Å². The summed E-state index contributed by atoms with van der Waals surface area (Å²) in [7, 11) is 0. The standard InChI is InChI=1S/C13H9N3O2.Na/c17-13(18)11-10-3-1-2-8-16(10)12(15-11)9-4-6-14-7-5-9;/h1-8H,(H,17,18);/q;+1/p-1. The number of carboxylic acid groups (broad SMARTS) is 1. The molecule has 0 fully saturated rings. The smallest absolute Gasteiger partial charge is 0.543 e. The molecule has 6 heteroatoms. The number of carbonyl (C=O) groups excluding carboxylic acids is 1. The SMILES string of the molecule is O=C([O-])c1nc(-c2ccncc2)n2ccccc12.[Na+]. The monoisotopic (exact) mass is 261 g/mol. The fourth-order valence-electron chi connectivity index (χ4n) is 1.89. The maximum atomic E-state index is 11.1. The van der Waals surface area contributed by atoms with Crippen LogP contribution in [0.25, 0.3) is 16.9 Å².